The van der Waals surface area contributed by atoms with E-state index in [9.17, 15) is 0 Å². The Kier molecular flexibility index (Phi) is 9.67. The summed E-state index contributed by atoms with van der Waals surface area (Å²) in [6, 6.07) is 96.6. The fourth-order valence-electron chi connectivity index (χ4n) is 11.3. The van der Waals surface area contributed by atoms with Crippen molar-refractivity contribution in [2.45, 2.75) is 13.8 Å². The summed E-state index contributed by atoms with van der Waals surface area (Å²) < 4.78 is 2.50. The zero-order chi connectivity index (χ0) is 44.2. The lowest BCUT2D eigenvalue weighted by Crippen LogP contribution is -2.93. The van der Waals surface area contributed by atoms with Crippen LogP contribution in [0.5, 0.6) is 0 Å². The van der Waals surface area contributed by atoms with Crippen molar-refractivity contribution in [1.82, 2.24) is 4.57 Å². The van der Waals surface area contributed by atoms with E-state index in [1.54, 1.807) is 0 Å². The van der Waals surface area contributed by atoms with Gasteiger partial charge in [0, 0.05) is 33.5 Å². The van der Waals surface area contributed by atoms with Crippen molar-refractivity contribution in [2.75, 3.05) is 4.90 Å². The minimum atomic E-state index is -3.00. The molecule has 10 aromatic carbocycles. The standard InChI is InChI=1S/C62H48N2Si2/c1-45-33-37-47(38-34-45)63(48-39-35-46(2)36-40-48)50-41-42-58-56(44-50)55-27-12-13-28-57(55)64(58)49-19-18-26-54(43-49)66(53-24-10-5-11-25-53)61-31-16-14-29-59(61)65(51-20-6-3-7-21-51,52-22-8-4-9-23-52)60-30-15-17-32-62(60)66/h3-44H,1-2H3. The highest BCUT2D eigenvalue weighted by molar-refractivity contribution is 7.32. The second-order valence-electron chi connectivity index (χ2n) is 17.8. The molecule has 0 atom stereocenters. The summed E-state index contributed by atoms with van der Waals surface area (Å²) in [6.45, 7) is 4.30. The minimum absolute atomic E-state index is 1.13. The number of benzene rings is 10. The highest BCUT2D eigenvalue weighted by Gasteiger charge is 2.56. The second kappa shape index (κ2) is 16.0. The summed E-state index contributed by atoms with van der Waals surface area (Å²) in [7, 11) is -5.82. The second-order valence-corrected chi connectivity index (χ2v) is 25.3. The smallest absolute Gasteiger partial charge is 0.179 e. The van der Waals surface area contributed by atoms with Crippen LogP contribution in [0.3, 0.4) is 0 Å². The van der Waals surface area contributed by atoms with Crippen LogP contribution in [0, 0.1) is 13.8 Å². The number of fused-ring (bicyclic) bond motifs is 5. The lowest BCUT2D eigenvalue weighted by Gasteiger charge is -2.48. The zero-order valence-electron chi connectivity index (χ0n) is 37.1. The van der Waals surface area contributed by atoms with Crippen LogP contribution in [0.1, 0.15) is 11.1 Å². The zero-order valence-corrected chi connectivity index (χ0v) is 39.1. The van der Waals surface area contributed by atoms with Crippen LogP contribution < -0.4 is 46.4 Å². The molecule has 0 fully saturated rings. The maximum absolute atomic E-state index is 3.00. The minimum Gasteiger partial charge on any atom is -0.310 e. The van der Waals surface area contributed by atoms with Gasteiger partial charge >= 0.3 is 0 Å². The molecule has 0 amide bonds. The summed E-state index contributed by atoms with van der Waals surface area (Å²) in [5.74, 6) is 0. The van der Waals surface area contributed by atoms with Gasteiger partial charge in [0.2, 0.25) is 0 Å². The molecule has 0 saturated carbocycles. The Morgan fingerprint density at radius 2 is 0.697 bits per heavy atom. The molecule has 2 nitrogen and oxygen atoms in total. The lowest BCUT2D eigenvalue weighted by molar-refractivity contribution is 1.18. The van der Waals surface area contributed by atoms with E-state index in [-0.39, 0.29) is 0 Å². The molecular weight excluding hydrogens is 829 g/mol. The monoisotopic (exact) mass is 876 g/mol. The number of para-hydroxylation sites is 1. The van der Waals surface area contributed by atoms with Crippen molar-refractivity contribution < 1.29 is 0 Å². The average Bonchev–Trinajstić information content (AvgIpc) is 3.71. The van der Waals surface area contributed by atoms with E-state index in [0.717, 1.165) is 17.1 Å². The summed E-state index contributed by atoms with van der Waals surface area (Å²) in [5.41, 5.74) is 9.43. The summed E-state index contributed by atoms with van der Waals surface area (Å²) in [5, 5.41) is 14.0. The third-order valence-corrected chi connectivity index (χ3v) is 24.4. The van der Waals surface area contributed by atoms with Gasteiger partial charge in [-0.3, -0.25) is 0 Å². The van der Waals surface area contributed by atoms with Gasteiger partial charge in [-0.05, 0) is 116 Å². The highest BCUT2D eigenvalue weighted by Crippen LogP contribution is 2.40. The van der Waals surface area contributed by atoms with E-state index in [1.165, 1.54) is 80.1 Å². The first kappa shape index (κ1) is 39.8. The number of hydrogen-bond acceptors (Lipinski definition) is 1. The Hall–Kier alpha value is -7.77. The lowest BCUT2D eigenvalue weighted by atomic mass is 10.1. The molecule has 1 aliphatic rings. The van der Waals surface area contributed by atoms with Gasteiger partial charge in [0.25, 0.3) is 0 Å². The van der Waals surface area contributed by atoms with Gasteiger partial charge in [-0.2, -0.15) is 0 Å². The van der Waals surface area contributed by atoms with Gasteiger partial charge in [0.1, 0.15) is 0 Å². The molecule has 1 aliphatic heterocycles. The first-order valence-corrected chi connectivity index (χ1v) is 27.0. The quantitative estimate of drug-likeness (QED) is 0.138. The molecule has 1 aromatic heterocycles. The van der Waals surface area contributed by atoms with Crippen LogP contribution in [0.4, 0.5) is 17.1 Å². The normalized spacial score (nSPS) is 13.5. The predicted octanol–water partition coefficient (Wildman–Crippen LogP) is 9.94. The van der Waals surface area contributed by atoms with Gasteiger partial charge in [-0.1, -0.05) is 205 Å². The Labute approximate surface area is 389 Å². The molecular formula is C62H48N2Si2. The molecule has 0 aliphatic carbocycles. The fourth-order valence-corrected chi connectivity index (χ4v) is 23.4. The van der Waals surface area contributed by atoms with Gasteiger partial charge in [0.05, 0.1) is 11.0 Å². The number of hydrogen-bond donors (Lipinski definition) is 0. The fraction of sp³-hybridized carbons (Fsp3) is 0.0323. The van der Waals surface area contributed by atoms with Gasteiger partial charge in [-0.25, -0.2) is 0 Å². The molecule has 12 rings (SSSR count). The molecule has 0 unspecified atom stereocenters. The molecule has 0 spiro atoms. The van der Waals surface area contributed by atoms with Gasteiger partial charge < -0.3 is 9.47 Å². The van der Waals surface area contributed by atoms with Crippen LogP contribution >= 0.6 is 0 Å². The molecule has 0 saturated heterocycles. The summed E-state index contributed by atoms with van der Waals surface area (Å²) >= 11 is 0. The van der Waals surface area contributed by atoms with Crippen molar-refractivity contribution in [2.24, 2.45) is 0 Å². The molecule has 66 heavy (non-hydrogen) atoms. The van der Waals surface area contributed by atoms with Crippen molar-refractivity contribution in [3.05, 3.63) is 266 Å². The largest absolute Gasteiger partial charge is 0.310 e. The highest BCUT2D eigenvalue weighted by atomic mass is 28.3. The van der Waals surface area contributed by atoms with E-state index >= 15 is 0 Å². The van der Waals surface area contributed by atoms with Crippen LogP contribution in [0.15, 0.2) is 255 Å². The van der Waals surface area contributed by atoms with Crippen LogP contribution in [0.25, 0.3) is 27.5 Å². The Morgan fingerprint density at radius 3 is 1.20 bits per heavy atom. The van der Waals surface area contributed by atoms with E-state index < -0.39 is 16.1 Å². The van der Waals surface area contributed by atoms with E-state index in [4.69, 9.17) is 0 Å². The van der Waals surface area contributed by atoms with Crippen molar-refractivity contribution >= 4 is 96.5 Å². The number of rotatable bonds is 8. The maximum atomic E-state index is 2.54. The number of nitrogens with zero attached hydrogens (tertiary/aromatic N) is 2. The Bertz CT molecular complexity index is 3410. The maximum Gasteiger partial charge on any atom is 0.179 e. The van der Waals surface area contributed by atoms with E-state index in [2.05, 4.69) is 278 Å². The SMILES string of the molecule is Cc1ccc(N(c2ccc(C)cc2)c2ccc3c(c2)c2ccccc2n3-c2cccc([Si]3(c4ccccc4)c4ccccc4[Si](c4ccccc4)(c4ccccc4)c4ccccc43)c2)cc1. The van der Waals surface area contributed by atoms with E-state index in [1.807, 2.05) is 0 Å². The molecule has 0 N–H and O–H groups in total. The summed E-state index contributed by atoms with van der Waals surface area (Å²) in [6.07, 6.45) is 0. The first-order valence-electron chi connectivity index (χ1n) is 23.0. The summed E-state index contributed by atoms with van der Waals surface area (Å²) in [4.78, 5) is 2.38. The van der Waals surface area contributed by atoms with Crippen molar-refractivity contribution in [3.63, 3.8) is 0 Å². The molecule has 314 valence electrons. The molecule has 2 heterocycles. The third-order valence-electron chi connectivity index (χ3n) is 14.1. The number of anilines is 3. The van der Waals surface area contributed by atoms with Crippen LogP contribution in [-0.2, 0) is 0 Å². The van der Waals surface area contributed by atoms with Gasteiger partial charge in [-0.15, -0.1) is 0 Å². The van der Waals surface area contributed by atoms with E-state index in [0.29, 0.717) is 0 Å². The van der Waals surface area contributed by atoms with Crippen molar-refractivity contribution in [3.8, 4) is 5.69 Å². The molecule has 4 heteroatoms. The number of aromatic nitrogens is 1. The van der Waals surface area contributed by atoms with Gasteiger partial charge in [0.15, 0.2) is 16.1 Å². The first-order chi connectivity index (χ1) is 32.6. The third kappa shape index (κ3) is 6.06. The Morgan fingerprint density at radius 1 is 0.303 bits per heavy atom. The molecule has 0 radical (unpaired) electrons. The topological polar surface area (TPSA) is 8.17 Å². The molecule has 11 aromatic rings. The Balaban J connectivity index is 1.11. The number of aryl methyl sites for hydroxylation is 2. The van der Waals surface area contributed by atoms with Crippen LogP contribution in [0.2, 0.25) is 0 Å². The predicted molar refractivity (Wildman–Crippen MR) is 286 cm³/mol. The van der Waals surface area contributed by atoms with Crippen molar-refractivity contribution in [1.29, 1.82) is 0 Å². The average molecular weight is 877 g/mol. The van der Waals surface area contributed by atoms with Crippen LogP contribution in [-0.4, -0.2) is 20.7 Å². The molecule has 0 bridgehead atoms.